The van der Waals surface area contributed by atoms with Crippen LogP contribution >= 0.6 is 0 Å². The van der Waals surface area contributed by atoms with Gasteiger partial charge in [-0.05, 0) is 30.3 Å². The van der Waals surface area contributed by atoms with E-state index < -0.39 is 42.2 Å². The summed E-state index contributed by atoms with van der Waals surface area (Å²) in [6.45, 7) is 0.228. The van der Waals surface area contributed by atoms with Crippen LogP contribution < -0.4 is 10.6 Å². The van der Waals surface area contributed by atoms with Crippen molar-refractivity contribution < 1.29 is 37.0 Å². The molecule has 31 heavy (non-hydrogen) atoms. The normalized spacial score (nSPS) is 25.0. The number of fused-ring (bicyclic) bond motifs is 1. The molecule has 2 aliphatic heterocycles. The van der Waals surface area contributed by atoms with Crippen LogP contribution in [0.3, 0.4) is 0 Å². The van der Waals surface area contributed by atoms with Crippen LogP contribution in [0.2, 0.25) is 0 Å². The Bertz CT molecular complexity index is 954. The average Bonchev–Trinajstić information content (AvgIpc) is 3.32. The van der Waals surface area contributed by atoms with Crippen molar-refractivity contribution in [1.29, 1.82) is 0 Å². The Morgan fingerprint density at radius 2 is 1.71 bits per heavy atom. The fourth-order valence-corrected chi connectivity index (χ4v) is 3.59. The molecule has 2 saturated heterocycles. The van der Waals surface area contributed by atoms with Crippen LogP contribution in [0, 0.1) is 0 Å². The number of carbonyl (C=O) groups is 2. The number of amides is 2. The quantitative estimate of drug-likeness (QED) is 0.769. The lowest BCUT2D eigenvalue weighted by molar-refractivity contribution is -0.137. The van der Waals surface area contributed by atoms with Crippen molar-refractivity contribution in [3.63, 3.8) is 0 Å². The standard InChI is InChI=1S/C21H19F3N2O5/c22-21(23,24)13-7-4-8-14(9-13)25-20(28)31-16-11-30-17-15(10-29-18(16)17)26-19(27)12-5-2-1-3-6-12/h1-9,15-18H,10-11H2,(H,25,28)(H,26,27). The summed E-state index contributed by atoms with van der Waals surface area (Å²) in [4.78, 5) is 24.5. The third-order valence-corrected chi connectivity index (χ3v) is 5.06. The van der Waals surface area contributed by atoms with Gasteiger partial charge in [-0.25, -0.2) is 4.79 Å². The van der Waals surface area contributed by atoms with E-state index in [1.165, 1.54) is 12.1 Å². The number of halogens is 3. The van der Waals surface area contributed by atoms with Crippen LogP contribution in [0.5, 0.6) is 0 Å². The van der Waals surface area contributed by atoms with Crippen LogP contribution in [0.1, 0.15) is 15.9 Å². The molecule has 4 rings (SSSR count). The third-order valence-electron chi connectivity index (χ3n) is 5.06. The summed E-state index contributed by atoms with van der Waals surface area (Å²) >= 11 is 0. The van der Waals surface area contributed by atoms with E-state index in [9.17, 15) is 22.8 Å². The number of alkyl halides is 3. The Morgan fingerprint density at radius 3 is 2.45 bits per heavy atom. The van der Waals surface area contributed by atoms with E-state index >= 15 is 0 Å². The zero-order valence-electron chi connectivity index (χ0n) is 16.1. The van der Waals surface area contributed by atoms with E-state index in [1.807, 2.05) is 0 Å². The van der Waals surface area contributed by atoms with Gasteiger partial charge in [0.05, 0.1) is 24.8 Å². The number of carbonyl (C=O) groups excluding carboxylic acids is 2. The minimum absolute atomic E-state index is 0.0447. The molecule has 7 nitrogen and oxygen atoms in total. The van der Waals surface area contributed by atoms with Crippen molar-refractivity contribution in [2.75, 3.05) is 18.5 Å². The molecular weight excluding hydrogens is 417 g/mol. The number of rotatable bonds is 4. The number of anilines is 1. The summed E-state index contributed by atoms with van der Waals surface area (Å²) in [6.07, 6.45) is -7.29. The second-order valence-corrected chi connectivity index (χ2v) is 7.19. The topological polar surface area (TPSA) is 85.9 Å². The lowest BCUT2D eigenvalue weighted by Gasteiger charge is -2.18. The molecule has 164 valence electrons. The van der Waals surface area contributed by atoms with Gasteiger partial charge >= 0.3 is 12.3 Å². The van der Waals surface area contributed by atoms with Crippen molar-refractivity contribution in [1.82, 2.24) is 5.32 Å². The first-order valence-corrected chi connectivity index (χ1v) is 9.55. The van der Waals surface area contributed by atoms with Crippen LogP contribution in [0.4, 0.5) is 23.7 Å². The highest BCUT2D eigenvalue weighted by molar-refractivity contribution is 5.94. The molecule has 2 aromatic rings. The molecule has 0 bridgehead atoms. The molecule has 2 fully saturated rings. The Hall–Kier alpha value is -3.11. The number of hydrogen-bond donors (Lipinski definition) is 2. The van der Waals surface area contributed by atoms with Crippen LogP contribution in [0.25, 0.3) is 0 Å². The SMILES string of the molecule is O=C(Nc1cccc(C(F)(F)F)c1)OC1COC2C(NC(=O)c3ccccc3)COC12. The second-order valence-electron chi connectivity index (χ2n) is 7.19. The largest absolute Gasteiger partial charge is 0.441 e. The van der Waals surface area contributed by atoms with Crippen LogP contribution in [-0.4, -0.2) is 49.6 Å². The minimum atomic E-state index is -4.52. The predicted molar refractivity (Wildman–Crippen MR) is 103 cm³/mol. The van der Waals surface area contributed by atoms with Crippen molar-refractivity contribution in [3.05, 3.63) is 65.7 Å². The summed E-state index contributed by atoms with van der Waals surface area (Å²) in [5.41, 5.74) is -0.432. The van der Waals surface area contributed by atoms with E-state index in [-0.39, 0.29) is 24.8 Å². The van der Waals surface area contributed by atoms with Gasteiger partial charge in [-0.2, -0.15) is 13.2 Å². The second kappa shape index (κ2) is 8.56. The first-order valence-electron chi connectivity index (χ1n) is 9.55. The predicted octanol–water partition coefficient (Wildman–Crippen LogP) is 3.22. The van der Waals surface area contributed by atoms with Crippen molar-refractivity contribution in [2.24, 2.45) is 0 Å². The number of benzene rings is 2. The van der Waals surface area contributed by atoms with Gasteiger partial charge in [-0.1, -0.05) is 24.3 Å². The first-order chi connectivity index (χ1) is 14.8. The summed E-state index contributed by atoms with van der Waals surface area (Å²) in [5, 5.41) is 5.13. The minimum Gasteiger partial charge on any atom is -0.441 e. The first kappa shape index (κ1) is 21.1. The van der Waals surface area contributed by atoms with Crippen LogP contribution in [-0.2, 0) is 20.4 Å². The molecular formula is C21H19F3N2O5. The molecule has 0 radical (unpaired) electrons. The zero-order chi connectivity index (χ0) is 22.0. The van der Waals surface area contributed by atoms with E-state index in [0.717, 1.165) is 12.1 Å². The highest BCUT2D eigenvalue weighted by Gasteiger charge is 2.50. The summed E-state index contributed by atoms with van der Waals surface area (Å²) in [6, 6.07) is 12.5. The van der Waals surface area contributed by atoms with Crippen molar-refractivity contribution >= 4 is 17.7 Å². The summed E-state index contributed by atoms with van der Waals surface area (Å²) < 4.78 is 55.0. The maximum atomic E-state index is 12.8. The summed E-state index contributed by atoms with van der Waals surface area (Å²) in [7, 11) is 0. The van der Waals surface area contributed by atoms with Gasteiger partial charge in [0.2, 0.25) is 0 Å². The average molecular weight is 436 g/mol. The van der Waals surface area contributed by atoms with E-state index in [0.29, 0.717) is 5.56 Å². The maximum absolute atomic E-state index is 12.8. The van der Waals surface area contributed by atoms with E-state index in [2.05, 4.69) is 10.6 Å². The lowest BCUT2D eigenvalue weighted by atomic mass is 10.1. The molecule has 2 N–H and O–H groups in total. The maximum Gasteiger partial charge on any atom is 0.416 e. The fraction of sp³-hybridized carbons (Fsp3) is 0.333. The van der Waals surface area contributed by atoms with Crippen molar-refractivity contribution in [3.8, 4) is 0 Å². The van der Waals surface area contributed by atoms with Crippen LogP contribution in [0.15, 0.2) is 54.6 Å². The van der Waals surface area contributed by atoms with Crippen molar-refractivity contribution in [2.45, 2.75) is 30.5 Å². The van der Waals surface area contributed by atoms with E-state index in [4.69, 9.17) is 14.2 Å². The number of ether oxygens (including phenoxy) is 3. The zero-order valence-corrected chi connectivity index (χ0v) is 16.1. The molecule has 2 amide bonds. The molecule has 0 spiro atoms. The van der Waals surface area contributed by atoms with Gasteiger partial charge in [-0.15, -0.1) is 0 Å². The van der Waals surface area contributed by atoms with Gasteiger partial charge < -0.3 is 19.5 Å². The molecule has 2 aromatic carbocycles. The molecule has 2 aliphatic rings. The molecule has 4 atom stereocenters. The van der Waals surface area contributed by atoms with Gasteiger partial charge in [0.25, 0.3) is 5.91 Å². The van der Waals surface area contributed by atoms with Gasteiger partial charge in [0.1, 0.15) is 12.2 Å². The van der Waals surface area contributed by atoms with Gasteiger partial charge in [-0.3, -0.25) is 10.1 Å². The Balaban J connectivity index is 1.32. The number of nitrogens with one attached hydrogen (secondary N) is 2. The number of hydrogen-bond acceptors (Lipinski definition) is 5. The molecule has 0 saturated carbocycles. The Morgan fingerprint density at radius 1 is 0.968 bits per heavy atom. The highest BCUT2D eigenvalue weighted by Crippen LogP contribution is 2.31. The van der Waals surface area contributed by atoms with E-state index in [1.54, 1.807) is 30.3 Å². The Labute approximate surface area is 175 Å². The van der Waals surface area contributed by atoms with Gasteiger partial charge in [0, 0.05) is 11.3 Å². The highest BCUT2D eigenvalue weighted by atomic mass is 19.4. The molecule has 10 heteroatoms. The molecule has 4 unspecified atom stereocenters. The third kappa shape index (κ3) is 4.80. The monoisotopic (exact) mass is 436 g/mol. The lowest BCUT2D eigenvalue weighted by Crippen LogP contribution is -2.44. The Kier molecular flexibility index (Phi) is 5.84. The fourth-order valence-electron chi connectivity index (χ4n) is 3.59. The molecule has 2 heterocycles. The molecule has 0 aromatic heterocycles. The molecule has 0 aliphatic carbocycles. The smallest absolute Gasteiger partial charge is 0.416 e. The summed E-state index contributed by atoms with van der Waals surface area (Å²) in [5.74, 6) is -0.273. The van der Waals surface area contributed by atoms with Gasteiger partial charge in [0.15, 0.2) is 6.10 Å².